The molecule has 0 saturated heterocycles. The van der Waals surface area contributed by atoms with Crippen LogP contribution in [-0.2, 0) is 16.0 Å². The summed E-state index contributed by atoms with van der Waals surface area (Å²) in [5, 5.41) is 0. The number of hydrogen-bond donors (Lipinski definition) is 0. The summed E-state index contributed by atoms with van der Waals surface area (Å²) in [6.07, 6.45) is 5.13. The second kappa shape index (κ2) is 8.67. The Kier molecular flexibility index (Phi) is 6.23. The fourth-order valence-corrected chi connectivity index (χ4v) is 1.92. The lowest BCUT2D eigenvalue weighted by molar-refractivity contribution is -0.146. The number of methoxy groups -OCH3 is 1. The molecule has 1 heterocycles. The first-order valence-corrected chi connectivity index (χ1v) is 7.10. The number of rotatable bonds is 8. The molecule has 22 heavy (non-hydrogen) atoms. The van der Waals surface area contributed by atoms with Gasteiger partial charge in [0.15, 0.2) is 18.1 Å². The molecule has 0 fully saturated rings. The van der Waals surface area contributed by atoms with Crippen LogP contribution in [0.1, 0.15) is 12.0 Å². The van der Waals surface area contributed by atoms with E-state index in [-0.39, 0.29) is 6.61 Å². The molecule has 0 aliphatic rings. The van der Waals surface area contributed by atoms with E-state index in [9.17, 15) is 4.79 Å². The van der Waals surface area contributed by atoms with E-state index in [0.717, 1.165) is 18.4 Å². The van der Waals surface area contributed by atoms with Gasteiger partial charge in [-0.25, -0.2) is 4.79 Å². The standard InChI is InChI=1S/C17H19NO4/c1-20-15-8-2-3-9-16(15)22-13-17(19)21-11-5-7-14-6-4-10-18-12-14/h2-4,6,8-10,12H,5,7,11,13H2,1H3. The first-order chi connectivity index (χ1) is 10.8. The molecule has 0 aliphatic heterocycles. The molecule has 2 rings (SSSR count). The lowest BCUT2D eigenvalue weighted by Gasteiger charge is -2.10. The molecule has 0 bridgehead atoms. The molecule has 116 valence electrons. The number of esters is 1. The Morgan fingerprint density at radius 2 is 1.95 bits per heavy atom. The molecule has 0 unspecified atom stereocenters. The molecule has 5 nitrogen and oxygen atoms in total. The number of ether oxygens (including phenoxy) is 3. The van der Waals surface area contributed by atoms with Crippen molar-refractivity contribution in [2.24, 2.45) is 0 Å². The summed E-state index contributed by atoms with van der Waals surface area (Å²) in [4.78, 5) is 15.7. The van der Waals surface area contributed by atoms with Crippen LogP contribution in [-0.4, -0.2) is 31.3 Å². The highest BCUT2D eigenvalue weighted by atomic mass is 16.6. The number of hydrogen-bond acceptors (Lipinski definition) is 5. The van der Waals surface area contributed by atoms with Crippen molar-refractivity contribution in [3.05, 3.63) is 54.4 Å². The molecule has 0 N–H and O–H groups in total. The van der Waals surface area contributed by atoms with Gasteiger partial charge in [0.05, 0.1) is 13.7 Å². The molecule has 0 atom stereocenters. The molecule has 2 aromatic rings. The number of carbonyl (C=O) groups is 1. The molecular weight excluding hydrogens is 282 g/mol. The van der Waals surface area contributed by atoms with Gasteiger partial charge in [0.2, 0.25) is 0 Å². The van der Waals surface area contributed by atoms with Gasteiger partial charge >= 0.3 is 5.97 Å². The number of aryl methyl sites for hydroxylation is 1. The van der Waals surface area contributed by atoms with Crippen molar-refractivity contribution < 1.29 is 19.0 Å². The highest BCUT2D eigenvalue weighted by Gasteiger charge is 2.07. The Hall–Kier alpha value is -2.56. The summed E-state index contributed by atoms with van der Waals surface area (Å²) < 4.78 is 15.7. The summed E-state index contributed by atoms with van der Waals surface area (Å²) in [6, 6.07) is 11.1. The number of aromatic nitrogens is 1. The molecule has 0 aliphatic carbocycles. The molecular formula is C17H19NO4. The molecule has 5 heteroatoms. The predicted octanol–water partition coefficient (Wildman–Crippen LogP) is 2.65. The third-order valence-electron chi connectivity index (χ3n) is 3.01. The molecule has 1 aromatic carbocycles. The Labute approximate surface area is 129 Å². The largest absolute Gasteiger partial charge is 0.493 e. The monoisotopic (exact) mass is 301 g/mol. The Bertz CT molecular complexity index is 586. The fourth-order valence-electron chi connectivity index (χ4n) is 1.92. The van der Waals surface area contributed by atoms with Crippen molar-refractivity contribution in [1.29, 1.82) is 0 Å². The highest BCUT2D eigenvalue weighted by Crippen LogP contribution is 2.25. The maximum atomic E-state index is 11.6. The Morgan fingerprint density at radius 1 is 1.14 bits per heavy atom. The van der Waals surface area contributed by atoms with Crippen molar-refractivity contribution in [2.75, 3.05) is 20.3 Å². The second-order valence-corrected chi connectivity index (χ2v) is 4.62. The van der Waals surface area contributed by atoms with Crippen LogP contribution >= 0.6 is 0 Å². The van der Waals surface area contributed by atoms with Crippen LogP contribution in [0.5, 0.6) is 11.5 Å². The maximum absolute atomic E-state index is 11.6. The van der Waals surface area contributed by atoms with Gasteiger partial charge in [0.1, 0.15) is 0 Å². The molecule has 0 spiro atoms. The quantitative estimate of drug-likeness (QED) is 0.554. The number of benzene rings is 1. The van der Waals surface area contributed by atoms with E-state index in [0.29, 0.717) is 18.1 Å². The Balaban J connectivity index is 1.66. The smallest absolute Gasteiger partial charge is 0.344 e. The summed E-state index contributed by atoms with van der Waals surface area (Å²) in [5.74, 6) is 0.723. The van der Waals surface area contributed by atoms with Crippen molar-refractivity contribution >= 4 is 5.97 Å². The lowest BCUT2D eigenvalue weighted by Crippen LogP contribution is -2.16. The fraction of sp³-hybridized carbons (Fsp3) is 0.294. The van der Waals surface area contributed by atoms with Crippen LogP contribution < -0.4 is 9.47 Å². The molecule has 1 aromatic heterocycles. The topological polar surface area (TPSA) is 57.7 Å². The van der Waals surface area contributed by atoms with Gasteiger partial charge in [-0.05, 0) is 36.6 Å². The van der Waals surface area contributed by atoms with Crippen LogP contribution in [0.4, 0.5) is 0 Å². The SMILES string of the molecule is COc1ccccc1OCC(=O)OCCCc1cccnc1. The van der Waals surface area contributed by atoms with Gasteiger partial charge in [-0.15, -0.1) is 0 Å². The van der Waals surface area contributed by atoms with Crippen molar-refractivity contribution in [3.63, 3.8) is 0 Å². The first kappa shape index (κ1) is 15.8. The van der Waals surface area contributed by atoms with E-state index in [4.69, 9.17) is 14.2 Å². The second-order valence-electron chi connectivity index (χ2n) is 4.62. The molecule has 0 saturated carbocycles. The van der Waals surface area contributed by atoms with Gasteiger partial charge in [-0.3, -0.25) is 4.98 Å². The average Bonchev–Trinajstić information content (AvgIpc) is 2.58. The number of carbonyl (C=O) groups excluding carboxylic acids is 1. The van der Waals surface area contributed by atoms with Gasteiger partial charge < -0.3 is 14.2 Å². The lowest BCUT2D eigenvalue weighted by atomic mass is 10.2. The van der Waals surface area contributed by atoms with E-state index in [1.165, 1.54) is 0 Å². The normalized spacial score (nSPS) is 10.0. The van der Waals surface area contributed by atoms with Gasteiger partial charge in [0, 0.05) is 12.4 Å². The van der Waals surface area contributed by atoms with E-state index < -0.39 is 5.97 Å². The van der Waals surface area contributed by atoms with E-state index >= 15 is 0 Å². The summed E-state index contributed by atoms with van der Waals surface area (Å²) >= 11 is 0. The van der Waals surface area contributed by atoms with E-state index in [1.807, 2.05) is 30.5 Å². The van der Waals surface area contributed by atoms with Crippen molar-refractivity contribution in [1.82, 2.24) is 4.98 Å². The van der Waals surface area contributed by atoms with Crippen molar-refractivity contribution in [3.8, 4) is 11.5 Å². The Morgan fingerprint density at radius 3 is 2.68 bits per heavy atom. The van der Waals surface area contributed by atoms with Crippen LogP contribution in [0, 0.1) is 0 Å². The number of para-hydroxylation sites is 2. The van der Waals surface area contributed by atoms with Crippen LogP contribution in [0.25, 0.3) is 0 Å². The minimum atomic E-state index is -0.392. The van der Waals surface area contributed by atoms with Crippen LogP contribution in [0.15, 0.2) is 48.8 Å². The van der Waals surface area contributed by atoms with Gasteiger partial charge in [-0.1, -0.05) is 18.2 Å². The summed E-state index contributed by atoms with van der Waals surface area (Å²) in [6.45, 7) is 0.232. The summed E-state index contributed by atoms with van der Waals surface area (Å²) in [5.41, 5.74) is 1.13. The average molecular weight is 301 g/mol. The third kappa shape index (κ3) is 5.09. The number of pyridine rings is 1. The third-order valence-corrected chi connectivity index (χ3v) is 3.01. The first-order valence-electron chi connectivity index (χ1n) is 7.10. The van der Waals surface area contributed by atoms with Gasteiger partial charge in [-0.2, -0.15) is 0 Å². The zero-order chi connectivity index (χ0) is 15.6. The maximum Gasteiger partial charge on any atom is 0.344 e. The van der Waals surface area contributed by atoms with Gasteiger partial charge in [0.25, 0.3) is 0 Å². The number of nitrogens with zero attached hydrogens (tertiary/aromatic N) is 1. The van der Waals surface area contributed by atoms with E-state index in [1.54, 1.807) is 25.4 Å². The zero-order valence-corrected chi connectivity index (χ0v) is 12.5. The van der Waals surface area contributed by atoms with Crippen LogP contribution in [0.3, 0.4) is 0 Å². The van der Waals surface area contributed by atoms with Crippen LogP contribution in [0.2, 0.25) is 0 Å². The highest BCUT2D eigenvalue weighted by molar-refractivity contribution is 5.71. The summed E-state index contributed by atoms with van der Waals surface area (Å²) in [7, 11) is 1.55. The minimum Gasteiger partial charge on any atom is -0.493 e. The van der Waals surface area contributed by atoms with E-state index in [2.05, 4.69) is 4.98 Å². The minimum absolute atomic E-state index is 0.132. The zero-order valence-electron chi connectivity index (χ0n) is 12.5. The molecule has 0 amide bonds. The van der Waals surface area contributed by atoms with Crippen molar-refractivity contribution in [2.45, 2.75) is 12.8 Å². The molecule has 0 radical (unpaired) electrons. The predicted molar refractivity (Wildman–Crippen MR) is 82.0 cm³/mol.